The van der Waals surface area contributed by atoms with Crippen molar-refractivity contribution in [1.82, 2.24) is 0 Å². The average molecular weight is 253 g/mol. The smallest absolute Gasteiger partial charge is 0.248 e. The van der Waals surface area contributed by atoms with Gasteiger partial charge in [0.25, 0.3) is 0 Å². The fourth-order valence-corrected chi connectivity index (χ4v) is 2.80. The van der Waals surface area contributed by atoms with E-state index in [1.165, 1.54) is 5.56 Å². The summed E-state index contributed by atoms with van der Waals surface area (Å²) in [6.45, 7) is 2.56. The predicted molar refractivity (Wildman–Crippen MR) is 70.0 cm³/mol. The molecule has 1 aliphatic rings. The molecule has 1 aliphatic carbocycles. The number of alkyl halides is 2. The van der Waals surface area contributed by atoms with Crippen LogP contribution in [0.4, 0.5) is 8.78 Å². The van der Waals surface area contributed by atoms with Gasteiger partial charge >= 0.3 is 0 Å². The highest BCUT2D eigenvalue weighted by molar-refractivity contribution is 5.30. The highest BCUT2D eigenvalue weighted by atomic mass is 19.3. The van der Waals surface area contributed by atoms with Crippen molar-refractivity contribution in [3.8, 4) is 0 Å². The Morgan fingerprint density at radius 3 is 2.06 bits per heavy atom. The maximum absolute atomic E-state index is 13.3. The molecule has 0 saturated heterocycles. The van der Waals surface area contributed by atoms with Crippen LogP contribution in [-0.2, 0) is 11.8 Å². The molecular formula is C15H21F2N. The van der Waals surface area contributed by atoms with Crippen LogP contribution in [0.25, 0.3) is 0 Å². The summed E-state index contributed by atoms with van der Waals surface area (Å²) in [6, 6.07) is 8.29. The zero-order chi connectivity index (χ0) is 13.2. The minimum atomic E-state index is -2.50. The number of aryl methyl sites for hydroxylation is 1. The highest BCUT2D eigenvalue weighted by Crippen LogP contribution is 2.44. The number of rotatable bonds is 3. The molecule has 0 heterocycles. The van der Waals surface area contributed by atoms with Gasteiger partial charge in [0, 0.05) is 24.8 Å². The van der Waals surface area contributed by atoms with Gasteiger partial charge in [0.1, 0.15) is 0 Å². The summed E-state index contributed by atoms with van der Waals surface area (Å²) in [5.41, 5.74) is 8.04. The number of nitrogens with two attached hydrogens (primary N) is 1. The van der Waals surface area contributed by atoms with Gasteiger partial charge in [0.2, 0.25) is 5.92 Å². The Kier molecular flexibility index (Phi) is 3.71. The molecule has 1 aromatic carbocycles. The molecule has 1 fully saturated rings. The lowest BCUT2D eigenvalue weighted by atomic mass is 9.68. The third-order valence-electron chi connectivity index (χ3n) is 4.30. The molecule has 2 rings (SSSR count). The van der Waals surface area contributed by atoms with Crippen LogP contribution < -0.4 is 5.73 Å². The number of hydrogen-bond acceptors (Lipinski definition) is 1. The maximum Gasteiger partial charge on any atom is 0.248 e. The van der Waals surface area contributed by atoms with Gasteiger partial charge in [-0.15, -0.1) is 0 Å². The van der Waals surface area contributed by atoms with E-state index in [0.717, 1.165) is 12.0 Å². The Balaban J connectivity index is 2.22. The van der Waals surface area contributed by atoms with E-state index < -0.39 is 5.92 Å². The number of benzene rings is 1. The van der Waals surface area contributed by atoms with Crippen molar-refractivity contribution in [1.29, 1.82) is 0 Å². The van der Waals surface area contributed by atoms with E-state index in [1.54, 1.807) is 0 Å². The number of halogens is 2. The van der Waals surface area contributed by atoms with Crippen molar-refractivity contribution in [2.45, 2.75) is 50.4 Å². The van der Waals surface area contributed by atoms with Crippen molar-refractivity contribution in [3.05, 3.63) is 35.4 Å². The van der Waals surface area contributed by atoms with E-state index in [-0.39, 0.29) is 18.3 Å². The molecule has 0 radical (unpaired) electrons. The average Bonchev–Trinajstić information content (AvgIpc) is 2.40. The van der Waals surface area contributed by atoms with Crippen LogP contribution in [-0.4, -0.2) is 12.5 Å². The molecule has 0 bridgehead atoms. The Hall–Kier alpha value is -0.960. The van der Waals surface area contributed by atoms with Crippen LogP contribution in [0.3, 0.4) is 0 Å². The van der Waals surface area contributed by atoms with Gasteiger partial charge in [-0.1, -0.05) is 31.2 Å². The fourth-order valence-electron chi connectivity index (χ4n) is 2.80. The van der Waals surface area contributed by atoms with Gasteiger partial charge in [0.15, 0.2) is 0 Å². The van der Waals surface area contributed by atoms with Crippen LogP contribution >= 0.6 is 0 Å². The van der Waals surface area contributed by atoms with E-state index in [4.69, 9.17) is 5.73 Å². The lowest BCUT2D eigenvalue weighted by molar-refractivity contribution is -0.0509. The first-order chi connectivity index (χ1) is 8.51. The lowest BCUT2D eigenvalue weighted by Crippen LogP contribution is -2.42. The first-order valence-electron chi connectivity index (χ1n) is 6.69. The fraction of sp³-hybridized carbons (Fsp3) is 0.600. The van der Waals surface area contributed by atoms with Gasteiger partial charge < -0.3 is 5.73 Å². The summed E-state index contributed by atoms with van der Waals surface area (Å²) >= 11 is 0. The van der Waals surface area contributed by atoms with Crippen molar-refractivity contribution >= 4 is 0 Å². The summed E-state index contributed by atoms with van der Waals surface area (Å²) < 4.78 is 26.6. The Labute approximate surface area is 107 Å². The summed E-state index contributed by atoms with van der Waals surface area (Å²) in [6.07, 6.45) is 1.89. The normalized spacial score (nSPS) is 21.8. The second kappa shape index (κ2) is 4.96. The van der Waals surface area contributed by atoms with E-state index in [1.807, 2.05) is 0 Å². The van der Waals surface area contributed by atoms with Crippen LogP contribution in [0.15, 0.2) is 24.3 Å². The van der Waals surface area contributed by atoms with Gasteiger partial charge in [-0.2, -0.15) is 0 Å². The third kappa shape index (κ3) is 2.56. The molecule has 18 heavy (non-hydrogen) atoms. The summed E-state index contributed by atoms with van der Waals surface area (Å²) in [5.74, 6) is -2.50. The molecule has 100 valence electrons. The molecule has 0 amide bonds. The second-order valence-corrected chi connectivity index (χ2v) is 5.39. The SMILES string of the molecule is CCc1ccc(C2(CN)CCC(F)(F)CC2)cc1. The Bertz CT molecular complexity index is 387. The van der Waals surface area contributed by atoms with Crippen LogP contribution in [0.1, 0.15) is 43.7 Å². The molecule has 0 aromatic heterocycles. The van der Waals surface area contributed by atoms with Crippen molar-refractivity contribution < 1.29 is 8.78 Å². The topological polar surface area (TPSA) is 26.0 Å². The first kappa shape index (κ1) is 13.5. The van der Waals surface area contributed by atoms with Gasteiger partial charge in [-0.3, -0.25) is 0 Å². The quantitative estimate of drug-likeness (QED) is 0.874. The molecule has 1 saturated carbocycles. The monoisotopic (exact) mass is 253 g/mol. The predicted octanol–water partition coefficient (Wildman–Crippen LogP) is 3.65. The Morgan fingerprint density at radius 2 is 1.61 bits per heavy atom. The largest absolute Gasteiger partial charge is 0.330 e. The van der Waals surface area contributed by atoms with Crippen LogP contribution in [0.2, 0.25) is 0 Å². The van der Waals surface area contributed by atoms with Crippen molar-refractivity contribution in [2.24, 2.45) is 5.73 Å². The molecular weight excluding hydrogens is 232 g/mol. The summed E-state index contributed by atoms with van der Waals surface area (Å²) in [7, 11) is 0. The second-order valence-electron chi connectivity index (χ2n) is 5.39. The zero-order valence-electron chi connectivity index (χ0n) is 10.9. The lowest BCUT2D eigenvalue weighted by Gasteiger charge is -2.39. The minimum absolute atomic E-state index is 0.0419. The molecule has 0 aliphatic heterocycles. The maximum atomic E-state index is 13.3. The molecule has 1 nitrogen and oxygen atoms in total. The van der Waals surface area contributed by atoms with E-state index in [2.05, 4.69) is 31.2 Å². The third-order valence-corrected chi connectivity index (χ3v) is 4.30. The van der Waals surface area contributed by atoms with E-state index in [0.29, 0.717) is 19.4 Å². The molecule has 2 N–H and O–H groups in total. The van der Waals surface area contributed by atoms with Crippen molar-refractivity contribution in [3.63, 3.8) is 0 Å². The summed E-state index contributed by atoms with van der Waals surface area (Å²) in [4.78, 5) is 0. The van der Waals surface area contributed by atoms with Crippen LogP contribution in [0.5, 0.6) is 0 Å². The standard InChI is InChI=1S/C15H21F2N/c1-2-12-3-5-13(6-4-12)14(11-18)7-9-15(16,17)10-8-14/h3-6H,2,7-11,18H2,1H3. The van der Waals surface area contributed by atoms with Gasteiger partial charge in [0.05, 0.1) is 0 Å². The molecule has 1 aromatic rings. The molecule has 0 spiro atoms. The highest BCUT2D eigenvalue weighted by Gasteiger charge is 2.43. The van der Waals surface area contributed by atoms with Crippen LogP contribution in [0, 0.1) is 0 Å². The zero-order valence-corrected chi connectivity index (χ0v) is 10.9. The van der Waals surface area contributed by atoms with E-state index in [9.17, 15) is 8.78 Å². The number of hydrogen-bond donors (Lipinski definition) is 1. The minimum Gasteiger partial charge on any atom is -0.330 e. The van der Waals surface area contributed by atoms with Crippen molar-refractivity contribution in [2.75, 3.05) is 6.54 Å². The molecule has 0 unspecified atom stereocenters. The van der Waals surface area contributed by atoms with Gasteiger partial charge in [-0.25, -0.2) is 8.78 Å². The van der Waals surface area contributed by atoms with E-state index >= 15 is 0 Å². The summed E-state index contributed by atoms with van der Waals surface area (Å²) in [5, 5.41) is 0. The molecule has 0 atom stereocenters. The first-order valence-corrected chi connectivity index (χ1v) is 6.69. The van der Waals surface area contributed by atoms with Gasteiger partial charge in [-0.05, 0) is 30.4 Å². The molecule has 3 heteroatoms. The Morgan fingerprint density at radius 1 is 1.06 bits per heavy atom.